The lowest BCUT2D eigenvalue weighted by atomic mass is 10.0. The van der Waals surface area contributed by atoms with Crippen LogP contribution in [0.15, 0.2) is 60.7 Å². The second kappa shape index (κ2) is 4.72. The molecule has 0 amide bonds. The minimum absolute atomic E-state index is 0.0533. The van der Waals surface area contributed by atoms with E-state index in [1.807, 2.05) is 48.5 Å². The Morgan fingerprint density at radius 3 is 2.29 bits per heavy atom. The number of ether oxygens (including phenoxy) is 1. The van der Waals surface area contributed by atoms with Crippen LogP contribution >= 0.6 is 0 Å². The van der Waals surface area contributed by atoms with Gasteiger partial charge in [0.1, 0.15) is 6.10 Å². The van der Waals surface area contributed by atoms with Gasteiger partial charge in [0.05, 0.1) is 7.45 Å². The smallest absolute Gasteiger partial charge is 0.109 e. The molecule has 0 saturated carbocycles. The van der Waals surface area contributed by atoms with Gasteiger partial charge in [0.25, 0.3) is 0 Å². The van der Waals surface area contributed by atoms with Gasteiger partial charge in [-0.1, -0.05) is 60.7 Å². The summed E-state index contributed by atoms with van der Waals surface area (Å²) < 4.78 is 13.8. The number of benzene rings is 2. The summed E-state index contributed by atoms with van der Waals surface area (Å²) in [6, 6.07) is 20.3. The molecule has 0 radical (unpaired) electrons. The Morgan fingerprint density at radius 2 is 1.59 bits per heavy atom. The van der Waals surface area contributed by atoms with Gasteiger partial charge in [-0.25, -0.2) is 0 Å². The minimum Gasteiger partial charge on any atom is -0.364 e. The van der Waals surface area contributed by atoms with E-state index in [2.05, 4.69) is 12.1 Å². The van der Waals surface area contributed by atoms with Crippen LogP contribution in [0.2, 0.25) is 0 Å². The normalized spacial score (nSPS) is 27.5. The number of hydrogen-bond donors (Lipinski definition) is 0. The number of epoxide rings is 1. The summed E-state index contributed by atoms with van der Waals surface area (Å²) in [5.74, 6) is 0. The topological polar surface area (TPSA) is 12.5 Å². The zero-order valence-corrected chi connectivity index (χ0v) is 9.67. The SMILES string of the molecule is [2H][C@]1(CCc2ccccc2)O[C@@H]1c1ccccc1. The maximum atomic E-state index is 8.26. The van der Waals surface area contributed by atoms with Crippen LogP contribution < -0.4 is 0 Å². The summed E-state index contributed by atoms with van der Waals surface area (Å²) in [7, 11) is 0. The van der Waals surface area contributed by atoms with E-state index in [0.29, 0.717) is 0 Å². The average molecular weight is 225 g/mol. The molecule has 1 heterocycles. The van der Waals surface area contributed by atoms with Gasteiger partial charge in [0, 0.05) is 0 Å². The molecule has 1 saturated heterocycles. The van der Waals surface area contributed by atoms with Crippen molar-refractivity contribution in [2.45, 2.75) is 25.0 Å². The maximum Gasteiger partial charge on any atom is 0.109 e. The van der Waals surface area contributed by atoms with E-state index in [9.17, 15) is 0 Å². The lowest BCUT2D eigenvalue weighted by Crippen LogP contribution is -1.93. The van der Waals surface area contributed by atoms with E-state index in [0.717, 1.165) is 18.4 Å². The molecular formula is C16H16O. The molecule has 1 heteroatoms. The second-order valence-corrected chi connectivity index (χ2v) is 4.36. The predicted molar refractivity (Wildman–Crippen MR) is 68.8 cm³/mol. The Balaban J connectivity index is 1.62. The third-order valence-electron chi connectivity index (χ3n) is 3.11. The molecule has 1 fully saturated rings. The van der Waals surface area contributed by atoms with Crippen molar-refractivity contribution in [1.29, 1.82) is 0 Å². The van der Waals surface area contributed by atoms with Crippen LogP contribution in [0.25, 0.3) is 0 Å². The van der Waals surface area contributed by atoms with Gasteiger partial charge < -0.3 is 4.74 Å². The fourth-order valence-electron chi connectivity index (χ4n) is 2.10. The molecule has 1 nitrogen and oxygen atoms in total. The van der Waals surface area contributed by atoms with Crippen molar-refractivity contribution in [1.82, 2.24) is 0 Å². The molecule has 2 aromatic carbocycles. The van der Waals surface area contributed by atoms with Crippen LogP contribution in [-0.4, -0.2) is 6.08 Å². The van der Waals surface area contributed by atoms with E-state index in [1.165, 1.54) is 5.56 Å². The van der Waals surface area contributed by atoms with Gasteiger partial charge in [-0.15, -0.1) is 0 Å². The fraction of sp³-hybridized carbons (Fsp3) is 0.250. The first-order valence-electron chi connectivity index (χ1n) is 6.55. The monoisotopic (exact) mass is 225 g/mol. The highest BCUT2D eigenvalue weighted by Gasteiger charge is 2.39. The zero-order valence-electron chi connectivity index (χ0n) is 10.7. The Labute approximate surface area is 103 Å². The van der Waals surface area contributed by atoms with Crippen LogP contribution in [0.5, 0.6) is 0 Å². The zero-order chi connectivity index (χ0) is 12.4. The highest BCUT2D eigenvalue weighted by Crippen LogP contribution is 2.41. The highest BCUT2D eigenvalue weighted by atomic mass is 16.6. The van der Waals surface area contributed by atoms with Crippen molar-refractivity contribution in [3.63, 3.8) is 0 Å². The molecule has 0 bridgehead atoms. The van der Waals surface area contributed by atoms with Crippen LogP contribution in [0.3, 0.4) is 0 Å². The van der Waals surface area contributed by atoms with Crippen LogP contribution in [0.4, 0.5) is 0 Å². The number of hydrogen-bond acceptors (Lipinski definition) is 1. The second-order valence-electron chi connectivity index (χ2n) is 4.36. The number of aryl methyl sites for hydroxylation is 1. The van der Waals surface area contributed by atoms with Crippen LogP contribution in [0, 0.1) is 0 Å². The lowest BCUT2D eigenvalue weighted by molar-refractivity contribution is 0.366. The van der Waals surface area contributed by atoms with Gasteiger partial charge in [-0.2, -0.15) is 0 Å². The first-order valence-corrected chi connectivity index (χ1v) is 6.05. The Bertz CT molecular complexity index is 511. The largest absolute Gasteiger partial charge is 0.364 e. The molecule has 86 valence electrons. The lowest BCUT2D eigenvalue weighted by Gasteiger charge is -1.98. The molecule has 2 aromatic rings. The van der Waals surface area contributed by atoms with E-state index < -0.39 is 6.08 Å². The summed E-state index contributed by atoms with van der Waals surface area (Å²) in [6.07, 6.45) is 0.865. The molecule has 1 aliphatic heterocycles. The molecule has 3 rings (SSSR count). The van der Waals surface area contributed by atoms with Crippen LogP contribution in [0.1, 0.15) is 25.0 Å². The van der Waals surface area contributed by atoms with E-state index in [4.69, 9.17) is 6.11 Å². The van der Waals surface area contributed by atoms with Gasteiger partial charge in [0.2, 0.25) is 0 Å². The Morgan fingerprint density at radius 1 is 0.941 bits per heavy atom. The fourth-order valence-corrected chi connectivity index (χ4v) is 2.10. The van der Waals surface area contributed by atoms with Gasteiger partial charge in [0.15, 0.2) is 0 Å². The third kappa shape index (κ3) is 2.56. The minimum atomic E-state index is -0.725. The van der Waals surface area contributed by atoms with Crippen molar-refractivity contribution in [3.05, 3.63) is 71.8 Å². The summed E-state index contributed by atoms with van der Waals surface area (Å²) in [5, 5.41) is 0. The summed E-state index contributed by atoms with van der Waals surface area (Å²) in [4.78, 5) is 0. The van der Waals surface area contributed by atoms with E-state index >= 15 is 0 Å². The molecule has 0 unspecified atom stereocenters. The van der Waals surface area contributed by atoms with Gasteiger partial charge >= 0.3 is 0 Å². The third-order valence-corrected chi connectivity index (χ3v) is 3.11. The Hall–Kier alpha value is -1.60. The van der Waals surface area contributed by atoms with Gasteiger partial charge in [-0.05, 0) is 24.0 Å². The summed E-state index contributed by atoms with van der Waals surface area (Å²) in [5.41, 5.74) is 2.38. The summed E-state index contributed by atoms with van der Waals surface area (Å²) >= 11 is 0. The van der Waals surface area contributed by atoms with Crippen molar-refractivity contribution < 1.29 is 6.11 Å². The average Bonchev–Trinajstić information content (AvgIpc) is 3.12. The van der Waals surface area contributed by atoms with Crippen molar-refractivity contribution in [3.8, 4) is 0 Å². The van der Waals surface area contributed by atoms with E-state index in [-0.39, 0.29) is 6.10 Å². The molecule has 1 aliphatic rings. The van der Waals surface area contributed by atoms with Crippen molar-refractivity contribution >= 4 is 0 Å². The quantitative estimate of drug-likeness (QED) is 0.722. The molecule has 0 aliphatic carbocycles. The molecule has 0 N–H and O–H groups in total. The number of rotatable bonds is 4. The first kappa shape index (κ1) is 9.43. The van der Waals surface area contributed by atoms with Crippen molar-refractivity contribution in [2.24, 2.45) is 0 Å². The highest BCUT2D eigenvalue weighted by molar-refractivity contribution is 5.23. The van der Waals surface area contributed by atoms with Gasteiger partial charge in [-0.3, -0.25) is 0 Å². The van der Waals surface area contributed by atoms with Crippen molar-refractivity contribution in [2.75, 3.05) is 0 Å². The first-order chi connectivity index (χ1) is 8.78. The standard InChI is InChI=1S/C16H16O/c1-3-7-13(8-4-1)11-12-15-16(17-15)14-9-5-2-6-10-14/h1-10,15-16H,11-12H2/t15-,16-/m1/s1/i15D. The molecule has 2 atom stereocenters. The molecule has 17 heavy (non-hydrogen) atoms. The molecule has 0 spiro atoms. The summed E-state index contributed by atoms with van der Waals surface area (Å²) in [6.45, 7) is 0. The Kier molecular flexibility index (Phi) is 2.62. The maximum absolute atomic E-state index is 8.26. The van der Waals surface area contributed by atoms with Crippen LogP contribution in [-0.2, 0) is 11.2 Å². The predicted octanol–water partition coefficient (Wildman–Crippen LogP) is 3.76. The molecular weight excluding hydrogens is 208 g/mol. The van der Waals surface area contributed by atoms with E-state index in [1.54, 1.807) is 0 Å². The molecule has 0 aromatic heterocycles.